The third-order valence-electron chi connectivity index (χ3n) is 5.75. The van der Waals surface area contributed by atoms with Crippen molar-refractivity contribution in [2.45, 2.75) is 51.1 Å². The second-order valence-corrected chi connectivity index (χ2v) is 7.29. The molecule has 0 saturated carbocycles. The van der Waals surface area contributed by atoms with E-state index in [2.05, 4.69) is 11.8 Å². The number of carbonyl (C=O) groups is 2. The molecule has 25 heavy (non-hydrogen) atoms. The zero-order valence-electron chi connectivity index (χ0n) is 15.1. The van der Waals surface area contributed by atoms with Gasteiger partial charge in [0, 0.05) is 44.7 Å². The topological polar surface area (TPSA) is 69.9 Å². The summed E-state index contributed by atoms with van der Waals surface area (Å²) >= 11 is 0. The van der Waals surface area contributed by atoms with Crippen molar-refractivity contribution in [3.8, 4) is 0 Å². The van der Waals surface area contributed by atoms with Gasteiger partial charge in [-0.3, -0.25) is 14.5 Å². The Balaban J connectivity index is 0.00000156. The highest BCUT2D eigenvalue weighted by molar-refractivity contribution is 5.89. The number of halogens is 2. The molecule has 0 bridgehead atoms. The monoisotopic (exact) mass is 394 g/mol. The van der Waals surface area contributed by atoms with Gasteiger partial charge in [-0.1, -0.05) is 6.92 Å². The highest BCUT2D eigenvalue weighted by Crippen LogP contribution is 2.25. The van der Waals surface area contributed by atoms with Crippen molar-refractivity contribution in [1.29, 1.82) is 0 Å². The van der Waals surface area contributed by atoms with Crippen molar-refractivity contribution in [2.24, 2.45) is 11.7 Å². The van der Waals surface area contributed by atoms with Gasteiger partial charge in [0.2, 0.25) is 11.8 Å². The summed E-state index contributed by atoms with van der Waals surface area (Å²) in [6, 6.07) is 0.703. The van der Waals surface area contributed by atoms with Crippen molar-refractivity contribution in [1.82, 2.24) is 14.7 Å². The molecule has 2 N–H and O–H groups in total. The molecule has 2 atom stereocenters. The molecule has 3 saturated heterocycles. The first-order valence-corrected chi connectivity index (χ1v) is 9.14. The van der Waals surface area contributed by atoms with Crippen molar-refractivity contribution in [2.75, 3.05) is 39.3 Å². The van der Waals surface area contributed by atoms with E-state index in [9.17, 15) is 9.59 Å². The molecule has 0 radical (unpaired) electrons. The fourth-order valence-electron chi connectivity index (χ4n) is 4.26. The lowest BCUT2D eigenvalue weighted by molar-refractivity contribution is -0.136. The smallest absolute Gasteiger partial charge is 0.227 e. The van der Waals surface area contributed by atoms with Gasteiger partial charge in [-0.2, -0.15) is 0 Å². The Labute approximate surface area is 163 Å². The third-order valence-corrected chi connectivity index (χ3v) is 5.75. The van der Waals surface area contributed by atoms with Gasteiger partial charge >= 0.3 is 0 Å². The van der Waals surface area contributed by atoms with Crippen molar-refractivity contribution >= 4 is 36.6 Å². The number of likely N-dealkylation sites (N-methyl/N-ethyl adjacent to an activating group) is 1. The van der Waals surface area contributed by atoms with Gasteiger partial charge in [0.25, 0.3) is 0 Å². The largest absolute Gasteiger partial charge is 0.342 e. The van der Waals surface area contributed by atoms with Crippen LogP contribution in [0.1, 0.15) is 39.0 Å². The molecule has 146 valence electrons. The minimum atomic E-state index is -0.145. The summed E-state index contributed by atoms with van der Waals surface area (Å²) in [5.74, 6) is 0.167. The Kier molecular flexibility index (Phi) is 8.95. The van der Waals surface area contributed by atoms with E-state index in [4.69, 9.17) is 5.73 Å². The number of nitrogens with zero attached hydrogens (tertiary/aromatic N) is 3. The number of piperidine rings is 1. The summed E-state index contributed by atoms with van der Waals surface area (Å²) in [5, 5.41) is 0. The number of amides is 2. The van der Waals surface area contributed by atoms with Gasteiger partial charge in [0.15, 0.2) is 0 Å². The van der Waals surface area contributed by atoms with Gasteiger partial charge in [-0.25, -0.2) is 0 Å². The van der Waals surface area contributed by atoms with Crippen LogP contribution in [0.2, 0.25) is 0 Å². The molecule has 2 amide bonds. The average molecular weight is 395 g/mol. The molecular formula is C17H32Cl2N4O2. The van der Waals surface area contributed by atoms with Crippen LogP contribution < -0.4 is 5.73 Å². The summed E-state index contributed by atoms with van der Waals surface area (Å²) in [7, 11) is 0. The summed E-state index contributed by atoms with van der Waals surface area (Å²) < 4.78 is 0. The average Bonchev–Trinajstić information content (AvgIpc) is 3.14. The standard InChI is InChI=1S/C17H30N4O2.2ClH/c1-2-19-7-3-4-15(19)12-21-11-13(10-16(21)22)17(23)20-8-5-14(18)6-9-20;;/h13-15H,2-12,18H2,1H3;2*1H. The first kappa shape index (κ1) is 22.5. The number of rotatable bonds is 4. The first-order valence-electron chi connectivity index (χ1n) is 9.14. The zero-order chi connectivity index (χ0) is 16.4. The number of likely N-dealkylation sites (tertiary alicyclic amines) is 3. The lowest BCUT2D eigenvalue weighted by Gasteiger charge is -2.32. The second kappa shape index (κ2) is 9.95. The number of nitrogens with two attached hydrogens (primary N) is 1. The van der Waals surface area contributed by atoms with Crippen LogP contribution in [0.15, 0.2) is 0 Å². The Hall–Kier alpha value is -0.560. The lowest BCUT2D eigenvalue weighted by Crippen LogP contribution is -2.46. The summed E-state index contributed by atoms with van der Waals surface area (Å²) in [6.45, 7) is 7.25. The fraction of sp³-hybridized carbons (Fsp3) is 0.882. The zero-order valence-corrected chi connectivity index (χ0v) is 16.7. The Morgan fingerprint density at radius 2 is 1.84 bits per heavy atom. The molecule has 0 aliphatic carbocycles. The SMILES string of the molecule is CCN1CCCC1CN1CC(C(=O)N2CCC(N)CC2)CC1=O.Cl.Cl. The highest BCUT2D eigenvalue weighted by atomic mass is 35.5. The van der Waals surface area contributed by atoms with Crippen LogP contribution in [0.5, 0.6) is 0 Å². The summed E-state index contributed by atoms with van der Waals surface area (Å²) in [5.41, 5.74) is 5.91. The van der Waals surface area contributed by atoms with E-state index in [1.807, 2.05) is 9.80 Å². The van der Waals surface area contributed by atoms with Gasteiger partial charge in [0.05, 0.1) is 5.92 Å². The van der Waals surface area contributed by atoms with Gasteiger partial charge in [0.1, 0.15) is 0 Å². The molecule has 3 heterocycles. The van der Waals surface area contributed by atoms with Crippen LogP contribution in [0.4, 0.5) is 0 Å². The van der Waals surface area contributed by atoms with E-state index in [0.29, 0.717) is 19.0 Å². The van der Waals surface area contributed by atoms with E-state index in [0.717, 1.165) is 45.6 Å². The molecule has 0 aromatic carbocycles. The lowest BCUT2D eigenvalue weighted by atomic mass is 10.0. The predicted octanol–water partition coefficient (Wildman–Crippen LogP) is 1.11. The Morgan fingerprint density at radius 1 is 1.16 bits per heavy atom. The minimum Gasteiger partial charge on any atom is -0.342 e. The van der Waals surface area contributed by atoms with Crippen molar-refractivity contribution < 1.29 is 9.59 Å². The van der Waals surface area contributed by atoms with Gasteiger partial charge < -0.3 is 15.5 Å². The van der Waals surface area contributed by atoms with E-state index in [1.54, 1.807) is 0 Å². The van der Waals surface area contributed by atoms with Crippen LogP contribution >= 0.6 is 24.8 Å². The number of hydrogen-bond acceptors (Lipinski definition) is 4. The molecule has 3 fully saturated rings. The maximum absolute atomic E-state index is 12.7. The second-order valence-electron chi connectivity index (χ2n) is 7.29. The molecule has 0 spiro atoms. The van der Waals surface area contributed by atoms with E-state index < -0.39 is 0 Å². The van der Waals surface area contributed by atoms with E-state index >= 15 is 0 Å². The predicted molar refractivity (Wildman–Crippen MR) is 103 cm³/mol. The summed E-state index contributed by atoms with van der Waals surface area (Å²) in [6.07, 6.45) is 4.53. The van der Waals surface area contributed by atoms with Crippen molar-refractivity contribution in [3.05, 3.63) is 0 Å². The summed E-state index contributed by atoms with van der Waals surface area (Å²) in [4.78, 5) is 31.3. The minimum absolute atomic E-state index is 0. The Morgan fingerprint density at radius 3 is 2.48 bits per heavy atom. The Bertz CT molecular complexity index is 458. The van der Waals surface area contributed by atoms with Crippen LogP contribution in [-0.4, -0.2) is 77.9 Å². The molecule has 2 unspecified atom stereocenters. The molecule has 8 heteroatoms. The quantitative estimate of drug-likeness (QED) is 0.775. The van der Waals surface area contributed by atoms with Crippen LogP contribution in [-0.2, 0) is 9.59 Å². The molecule has 3 aliphatic heterocycles. The molecule has 0 aromatic rings. The molecule has 6 nitrogen and oxygen atoms in total. The number of carbonyl (C=O) groups excluding carboxylic acids is 2. The van der Waals surface area contributed by atoms with E-state index in [-0.39, 0.29) is 48.6 Å². The third kappa shape index (κ3) is 5.22. The molecule has 3 aliphatic rings. The fourth-order valence-corrected chi connectivity index (χ4v) is 4.26. The maximum Gasteiger partial charge on any atom is 0.227 e. The van der Waals surface area contributed by atoms with Crippen LogP contribution in [0, 0.1) is 5.92 Å². The van der Waals surface area contributed by atoms with Gasteiger partial charge in [-0.15, -0.1) is 24.8 Å². The van der Waals surface area contributed by atoms with Gasteiger partial charge in [-0.05, 0) is 38.8 Å². The first-order chi connectivity index (χ1) is 11.1. The highest BCUT2D eigenvalue weighted by Gasteiger charge is 2.38. The maximum atomic E-state index is 12.7. The van der Waals surface area contributed by atoms with E-state index in [1.165, 1.54) is 12.8 Å². The molecular weight excluding hydrogens is 363 g/mol. The molecule has 3 rings (SSSR count). The normalized spacial score (nSPS) is 28.0. The van der Waals surface area contributed by atoms with Crippen LogP contribution in [0.25, 0.3) is 0 Å². The molecule has 0 aromatic heterocycles. The number of hydrogen-bond donors (Lipinski definition) is 1. The van der Waals surface area contributed by atoms with Crippen molar-refractivity contribution in [3.63, 3.8) is 0 Å². The van der Waals surface area contributed by atoms with Crippen LogP contribution in [0.3, 0.4) is 0 Å².